The number of allylic oxidation sites excluding steroid dienone is 8. The second-order valence-corrected chi connectivity index (χ2v) is 14.9. The van der Waals surface area contributed by atoms with E-state index in [0.29, 0.717) is 11.8 Å². The summed E-state index contributed by atoms with van der Waals surface area (Å²) in [4.78, 5) is 2.48. The Labute approximate surface area is 281 Å². The van der Waals surface area contributed by atoms with Crippen LogP contribution in [0, 0.1) is 5.92 Å². The van der Waals surface area contributed by atoms with Crippen LogP contribution >= 0.6 is 11.3 Å². The molecule has 2 heterocycles. The number of rotatable bonds is 3. The van der Waals surface area contributed by atoms with Gasteiger partial charge in [0.05, 0.1) is 11.4 Å². The van der Waals surface area contributed by atoms with E-state index in [2.05, 4.69) is 172 Å². The summed E-state index contributed by atoms with van der Waals surface area (Å²) in [5.74, 6) is 0.815. The quantitative estimate of drug-likeness (QED) is 0.190. The number of thiophene rings is 1. The molecule has 228 valence electrons. The second-order valence-electron chi connectivity index (χ2n) is 13.8. The van der Waals surface area contributed by atoms with Crippen molar-refractivity contribution in [3.63, 3.8) is 0 Å². The summed E-state index contributed by atoms with van der Waals surface area (Å²) in [6, 6.07) is 40.9. The van der Waals surface area contributed by atoms with Gasteiger partial charge in [-0.2, -0.15) is 0 Å². The maximum absolute atomic E-state index is 2.48. The summed E-state index contributed by atoms with van der Waals surface area (Å²) in [5.41, 5.74) is 14.4. The molecule has 1 unspecified atom stereocenters. The molecule has 0 saturated heterocycles. The highest BCUT2D eigenvalue weighted by Gasteiger charge is 2.37. The van der Waals surface area contributed by atoms with Crippen molar-refractivity contribution in [1.29, 1.82) is 0 Å². The molecular weight excluding hydrogens is 587 g/mol. The summed E-state index contributed by atoms with van der Waals surface area (Å²) in [5, 5.41) is 2.65. The van der Waals surface area contributed by atoms with Gasteiger partial charge in [0.2, 0.25) is 0 Å². The van der Waals surface area contributed by atoms with Crippen LogP contribution in [-0.2, 0) is 5.41 Å². The summed E-state index contributed by atoms with van der Waals surface area (Å²) < 4.78 is 2.67. The Bertz CT molecular complexity index is 2370. The van der Waals surface area contributed by atoms with E-state index >= 15 is 0 Å². The van der Waals surface area contributed by atoms with Gasteiger partial charge in [0.1, 0.15) is 0 Å². The summed E-state index contributed by atoms with van der Waals surface area (Å²) in [6.45, 7) is 9.38. The fourth-order valence-corrected chi connectivity index (χ4v) is 9.40. The first-order valence-electron chi connectivity index (χ1n) is 16.7. The molecule has 2 aliphatic carbocycles. The summed E-state index contributed by atoms with van der Waals surface area (Å²) in [7, 11) is 0. The van der Waals surface area contributed by atoms with Gasteiger partial charge < -0.3 is 4.90 Å². The molecule has 0 N–H and O–H groups in total. The minimum absolute atomic E-state index is 0.156. The van der Waals surface area contributed by atoms with Gasteiger partial charge in [0.25, 0.3) is 0 Å². The van der Waals surface area contributed by atoms with Crippen molar-refractivity contribution in [3.05, 3.63) is 173 Å². The summed E-state index contributed by atoms with van der Waals surface area (Å²) >= 11 is 1.87. The zero-order valence-electron chi connectivity index (χ0n) is 27.3. The van der Waals surface area contributed by atoms with Crippen LogP contribution in [0.5, 0.6) is 0 Å². The van der Waals surface area contributed by atoms with Crippen molar-refractivity contribution in [3.8, 4) is 0 Å². The zero-order chi connectivity index (χ0) is 31.9. The van der Waals surface area contributed by atoms with E-state index in [4.69, 9.17) is 0 Å². The lowest BCUT2D eigenvalue weighted by atomic mass is 9.70. The van der Waals surface area contributed by atoms with Crippen molar-refractivity contribution in [2.75, 3.05) is 4.90 Å². The Hall–Kier alpha value is -4.92. The number of fused-ring (bicyclic) bond motifs is 8. The van der Waals surface area contributed by atoms with Gasteiger partial charge in [-0.1, -0.05) is 117 Å². The van der Waals surface area contributed by atoms with Crippen molar-refractivity contribution in [2.45, 2.75) is 39.0 Å². The lowest BCUT2D eigenvalue weighted by molar-refractivity contribution is 0.631. The van der Waals surface area contributed by atoms with Crippen LogP contribution in [0.25, 0.3) is 31.3 Å². The minimum Gasteiger partial charge on any atom is -0.310 e. The van der Waals surface area contributed by atoms with Crippen molar-refractivity contribution in [2.24, 2.45) is 5.92 Å². The number of hydrogen-bond donors (Lipinski definition) is 0. The average Bonchev–Trinajstić information content (AvgIpc) is 3.48. The fraction of sp³-hybridized carbons (Fsp3) is 0.156. The highest BCUT2D eigenvalue weighted by Crippen LogP contribution is 2.53. The van der Waals surface area contributed by atoms with Crippen molar-refractivity contribution < 1.29 is 0 Å². The van der Waals surface area contributed by atoms with E-state index in [1.807, 2.05) is 11.3 Å². The molecule has 0 radical (unpaired) electrons. The first-order chi connectivity index (χ1) is 22.9. The Kier molecular flexibility index (Phi) is 6.36. The number of anilines is 3. The van der Waals surface area contributed by atoms with Crippen molar-refractivity contribution >= 4 is 59.7 Å². The van der Waals surface area contributed by atoms with Gasteiger partial charge >= 0.3 is 0 Å². The molecule has 1 nitrogen and oxygen atoms in total. The molecule has 1 aliphatic heterocycles. The highest BCUT2D eigenvalue weighted by atomic mass is 32.1. The Balaban J connectivity index is 1.19. The smallest absolute Gasteiger partial charge is 0.0503 e. The minimum atomic E-state index is -0.156. The molecular formula is C45H37NS. The second kappa shape index (κ2) is 10.6. The molecule has 3 aliphatic rings. The molecule has 0 amide bonds. The molecule has 0 spiro atoms. The van der Waals surface area contributed by atoms with E-state index in [0.717, 1.165) is 0 Å². The average molecular weight is 624 g/mol. The lowest BCUT2D eigenvalue weighted by Crippen LogP contribution is -2.30. The van der Waals surface area contributed by atoms with E-state index in [9.17, 15) is 0 Å². The molecule has 0 bridgehead atoms. The number of para-hydroxylation sites is 1. The van der Waals surface area contributed by atoms with Gasteiger partial charge in [-0.3, -0.25) is 0 Å². The molecule has 2 atom stereocenters. The predicted molar refractivity (Wildman–Crippen MR) is 203 cm³/mol. The van der Waals surface area contributed by atoms with Crippen LogP contribution in [0.15, 0.2) is 145 Å². The molecule has 47 heavy (non-hydrogen) atoms. The fourth-order valence-electron chi connectivity index (χ4n) is 8.31. The molecule has 5 aromatic carbocycles. The van der Waals surface area contributed by atoms with Gasteiger partial charge in [-0.15, -0.1) is 11.3 Å². The number of hydrogen-bond acceptors (Lipinski definition) is 2. The first kappa shape index (κ1) is 28.3. The topological polar surface area (TPSA) is 3.24 Å². The normalized spacial score (nSPS) is 19.5. The van der Waals surface area contributed by atoms with E-state index in [-0.39, 0.29) is 5.41 Å². The number of benzene rings is 5. The van der Waals surface area contributed by atoms with Crippen LogP contribution in [0.3, 0.4) is 0 Å². The monoisotopic (exact) mass is 623 g/mol. The third-order valence-corrected chi connectivity index (χ3v) is 12.0. The van der Waals surface area contributed by atoms with Gasteiger partial charge in [0.15, 0.2) is 0 Å². The van der Waals surface area contributed by atoms with Crippen LogP contribution in [0.2, 0.25) is 0 Å². The predicted octanol–water partition coefficient (Wildman–Crippen LogP) is 12.9. The summed E-state index contributed by atoms with van der Waals surface area (Å²) in [6.07, 6.45) is 11.6. The largest absolute Gasteiger partial charge is 0.310 e. The van der Waals surface area contributed by atoms with Crippen LogP contribution in [0.4, 0.5) is 17.1 Å². The number of nitrogens with zero attached hydrogens (tertiary/aromatic N) is 1. The van der Waals surface area contributed by atoms with Gasteiger partial charge in [0, 0.05) is 43.1 Å². The highest BCUT2D eigenvalue weighted by molar-refractivity contribution is 7.25. The third kappa shape index (κ3) is 4.28. The van der Waals surface area contributed by atoms with Gasteiger partial charge in [-0.25, -0.2) is 0 Å². The van der Waals surface area contributed by atoms with Crippen LogP contribution in [0.1, 0.15) is 61.4 Å². The Morgan fingerprint density at radius 3 is 2.32 bits per heavy atom. The molecule has 2 heteroatoms. The Morgan fingerprint density at radius 2 is 1.43 bits per heavy atom. The van der Waals surface area contributed by atoms with E-state index in [1.165, 1.54) is 81.8 Å². The van der Waals surface area contributed by atoms with E-state index in [1.54, 1.807) is 0 Å². The van der Waals surface area contributed by atoms with Gasteiger partial charge in [-0.05, 0) is 95.3 Å². The molecule has 0 saturated carbocycles. The zero-order valence-corrected chi connectivity index (χ0v) is 28.1. The molecule has 9 rings (SSSR count). The molecule has 1 aromatic heterocycles. The van der Waals surface area contributed by atoms with E-state index < -0.39 is 0 Å². The lowest BCUT2D eigenvalue weighted by Gasteiger charge is -2.42. The Morgan fingerprint density at radius 1 is 0.702 bits per heavy atom. The first-order valence-corrected chi connectivity index (χ1v) is 17.5. The molecule has 6 aromatic rings. The van der Waals surface area contributed by atoms with Crippen LogP contribution in [-0.4, -0.2) is 0 Å². The molecule has 0 fully saturated rings. The maximum atomic E-state index is 2.48. The third-order valence-electron chi connectivity index (χ3n) is 10.8. The standard InChI is InChI=1S/C45H37NS/c1-28(25-37-29(2)32-13-5-6-14-33(32)34-15-7-8-16-35(34)37)30-21-23-42-40(26-30)45(3,4)39-18-10-11-19-41(39)46(42)31-22-24-44-38(27-31)36-17-9-12-20-43(36)47-44/h5-27,32-33H,1-4H3/b28-25+/t32-,33?/m0/s1. The van der Waals surface area contributed by atoms with Crippen molar-refractivity contribution in [1.82, 2.24) is 0 Å². The van der Waals surface area contributed by atoms with Crippen LogP contribution < -0.4 is 4.90 Å². The maximum Gasteiger partial charge on any atom is 0.0503 e. The SMILES string of the molecule is CC1=C(/C=C(\C)c2ccc3c(c2)C(C)(C)c2ccccc2N3c2ccc3sc4ccccc4c3c2)c2ccccc2C2C=CC=C[C@@H]12.